The first-order valence-corrected chi connectivity index (χ1v) is 5.50. The number of hydrogen-bond acceptors (Lipinski definition) is 4. The van der Waals surface area contributed by atoms with Crippen LogP contribution in [0.1, 0.15) is 6.42 Å². The number of imide groups is 1. The van der Waals surface area contributed by atoms with Crippen LogP contribution in [-0.4, -0.2) is 28.7 Å². The number of nitrogen functional groups attached to an aromatic ring is 1. The van der Waals surface area contributed by atoms with Gasteiger partial charge in [0.15, 0.2) is 5.82 Å². The van der Waals surface area contributed by atoms with E-state index < -0.39 is 6.03 Å². The number of carbonyl (C=O) groups excluding carboxylic acids is 2. The number of anilines is 2. The lowest BCUT2D eigenvalue weighted by Crippen LogP contribution is -2.49. The van der Waals surface area contributed by atoms with Crippen LogP contribution in [0.3, 0.4) is 0 Å². The fraction of sp³-hybridized carbons (Fsp3) is 0.182. The molecule has 3 amide bonds. The minimum absolute atomic E-state index is 0.266. The zero-order chi connectivity index (χ0) is 12.7. The zero-order valence-electron chi connectivity index (χ0n) is 9.43. The Labute approximate surface area is 102 Å². The van der Waals surface area contributed by atoms with Crippen molar-refractivity contribution in [3.05, 3.63) is 18.2 Å². The average Bonchev–Trinajstić information content (AvgIpc) is 2.72. The lowest BCUT2D eigenvalue weighted by Gasteiger charge is -2.24. The number of carbonyl (C=O) groups is 2. The monoisotopic (exact) mass is 245 g/mol. The highest BCUT2D eigenvalue weighted by atomic mass is 16.2. The third-order valence-corrected chi connectivity index (χ3v) is 2.88. The van der Waals surface area contributed by atoms with Gasteiger partial charge in [0.05, 0.1) is 5.52 Å². The molecule has 1 aromatic heterocycles. The van der Waals surface area contributed by atoms with E-state index in [0.717, 1.165) is 10.9 Å². The van der Waals surface area contributed by atoms with E-state index >= 15 is 0 Å². The van der Waals surface area contributed by atoms with Gasteiger partial charge in [0.2, 0.25) is 5.91 Å². The van der Waals surface area contributed by atoms with E-state index in [4.69, 9.17) is 5.73 Å². The normalized spacial score (nSPS) is 16.1. The number of nitrogens with zero attached hydrogens (tertiary/aromatic N) is 2. The first-order valence-electron chi connectivity index (χ1n) is 5.50. The molecule has 3 rings (SSSR count). The Morgan fingerprint density at radius 2 is 2.17 bits per heavy atom. The van der Waals surface area contributed by atoms with Gasteiger partial charge < -0.3 is 5.73 Å². The highest BCUT2D eigenvalue weighted by Gasteiger charge is 2.27. The molecule has 7 heteroatoms. The maximum Gasteiger partial charge on any atom is 0.329 e. The standard InChI is InChI=1S/C11H11N5O2/c12-6-1-2-8-7(5-6)10(15-14-8)16-4-3-9(17)13-11(16)18/h1-2,5H,3-4,12H2,(H,14,15)(H,13,17,18). The van der Waals surface area contributed by atoms with Crippen molar-refractivity contribution in [3.8, 4) is 0 Å². The second kappa shape index (κ2) is 3.73. The van der Waals surface area contributed by atoms with Crippen molar-refractivity contribution in [2.24, 2.45) is 0 Å². The van der Waals surface area contributed by atoms with Gasteiger partial charge in [-0.05, 0) is 18.2 Å². The van der Waals surface area contributed by atoms with Crippen LogP contribution < -0.4 is 16.0 Å². The molecular weight excluding hydrogens is 234 g/mol. The Morgan fingerprint density at radius 3 is 2.94 bits per heavy atom. The molecule has 2 heterocycles. The molecule has 4 N–H and O–H groups in total. The van der Waals surface area contributed by atoms with Crippen LogP contribution in [0.15, 0.2) is 18.2 Å². The number of rotatable bonds is 1. The molecule has 7 nitrogen and oxygen atoms in total. The molecule has 0 unspecified atom stereocenters. The molecule has 1 aromatic carbocycles. The first-order chi connectivity index (χ1) is 8.65. The van der Waals surface area contributed by atoms with E-state index in [-0.39, 0.29) is 12.3 Å². The molecule has 92 valence electrons. The van der Waals surface area contributed by atoms with Gasteiger partial charge in [-0.2, -0.15) is 5.10 Å². The van der Waals surface area contributed by atoms with Gasteiger partial charge in [-0.1, -0.05) is 0 Å². The second-order valence-corrected chi connectivity index (χ2v) is 4.11. The van der Waals surface area contributed by atoms with Crippen LogP contribution in [0, 0.1) is 0 Å². The Hall–Kier alpha value is -2.57. The molecule has 0 atom stereocenters. The van der Waals surface area contributed by atoms with Crippen molar-refractivity contribution in [2.45, 2.75) is 6.42 Å². The van der Waals surface area contributed by atoms with Crippen LogP contribution >= 0.6 is 0 Å². The van der Waals surface area contributed by atoms with Gasteiger partial charge in [-0.15, -0.1) is 0 Å². The van der Waals surface area contributed by atoms with Crippen molar-refractivity contribution >= 4 is 34.3 Å². The number of urea groups is 1. The number of aromatic amines is 1. The summed E-state index contributed by atoms with van der Waals surface area (Å²) in [5, 5.41) is 9.96. The molecule has 0 saturated carbocycles. The van der Waals surface area contributed by atoms with Crippen molar-refractivity contribution in [2.75, 3.05) is 17.2 Å². The SMILES string of the molecule is Nc1ccc2[nH]nc(N3CCC(=O)NC3=O)c2c1. The summed E-state index contributed by atoms with van der Waals surface area (Å²) in [5.41, 5.74) is 7.11. The fourth-order valence-corrected chi connectivity index (χ4v) is 1.99. The van der Waals surface area contributed by atoms with Crippen LogP contribution in [0.2, 0.25) is 0 Å². The van der Waals surface area contributed by atoms with Gasteiger partial charge in [0, 0.05) is 24.0 Å². The molecule has 0 spiro atoms. The molecule has 1 fully saturated rings. The number of amides is 3. The third-order valence-electron chi connectivity index (χ3n) is 2.88. The number of nitrogens with one attached hydrogen (secondary N) is 2. The molecule has 18 heavy (non-hydrogen) atoms. The largest absolute Gasteiger partial charge is 0.399 e. The maximum absolute atomic E-state index is 11.7. The summed E-state index contributed by atoms with van der Waals surface area (Å²) >= 11 is 0. The van der Waals surface area contributed by atoms with E-state index in [0.29, 0.717) is 18.1 Å². The number of hydrogen-bond donors (Lipinski definition) is 3. The Balaban J connectivity index is 2.06. The van der Waals surface area contributed by atoms with E-state index in [1.807, 2.05) is 0 Å². The van der Waals surface area contributed by atoms with Gasteiger partial charge in [-0.3, -0.25) is 20.1 Å². The molecular formula is C11H11N5O2. The summed E-state index contributed by atoms with van der Waals surface area (Å²) in [7, 11) is 0. The fourth-order valence-electron chi connectivity index (χ4n) is 1.99. The highest BCUT2D eigenvalue weighted by molar-refractivity contribution is 6.08. The minimum Gasteiger partial charge on any atom is -0.399 e. The van der Waals surface area contributed by atoms with Gasteiger partial charge in [-0.25, -0.2) is 4.79 Å². The third kappa shape index (κ3) is 1.56. The van der Waals surface area contributed by atoms with Gasteiger partial charge >= 0.3 is 6.03 Å². The summed E-state index contributed by atoms with van der Waals surface area (Å²) in [4.78, 5) is 24.3. The number of nitrogens with two attached hydrogens (primary N) is 1. The summed E-state index contributed by atoms with van der Waals surface area (Å²) < 4.78 is 0. The number of benzene rings is 1. The predicted octanol–water partition coefficient (Wildman–Crippen LogP) is 0.591. The predicted molar refractivity (Wildman–Crippen MR) is 66.0 cm³/mol. The van der Waals surface area contributed by atoms with Crippen molar-refractivity contribution in [1.29, 1.82) is 0 Å². The molecule has 0 aliphatic carbocycles. The van der Waals surface area contributed by atoms with Crippen molar-refractivity contribution < 1.29 is 9.59 Å². The van der Waals surface area contributed by atoms with E-state index in [2.05, 4.69) is 15.5 Å². The summed E-state index contributed by atoms with van der Waals surface area (Å²) in [6.45, 7) is 0.319. The maximum atomic E-state index is 11.7. The Bertz CT molecular complexity index is 648. The molecule has 1 saturated heterocycles. The van der Waals surface area contributed by atoms with Crippen LogP contribution in [0.25, 0.3) is 10.9 Å². The molecule has 1 aliphatic rings. The number of H-pyrrole nitrogens is 1. The quantitative estimate of drug-likeness (QED) is 0.639. The van der Waals surface area contributed by atoms with Gasteiger partial charge in [0.1, 0.15) is 0 Å². The smallest absolute Gasteiger partial charge is 0.329 e. The lowest BCUT2D eigenvalue weighted by molar-refractivity contribution is -0.120. The molecule has 0 bridgehead atoms. The van der Waals surface area contributed by atoms with Crippen LogP contribution in [-0.2, 0) is 4.79 Å². The van der Waals surface area contributed by atoms with E-state index in [9.17, 15) is 9.59 Å². The highest BCUT2D eigenvalue weighted by Crippen LogP contribution is 2.26. The first kappa shape index (κ1) is 10.6. The average molecular weight is 245 g/mol. The molecule has 1 aliphatic heterocycles. The van der Waals surface area contributed by atoms with Crippen LogP contribution in [0.5, 0.6) is 0 Å². The number of aromatic nitrogens is 2. The summed E-state index contributed by atoms with van der Waals surface area (Å²) in [6.07, 6.45) is 0.266. The topological polar surface area (TPSA) is 104 Å². The van der Waals surface area contributed by atoms with E-state index in [1.54, 1.807) is 18.2 Å². The number of fused-ring (bicyclic) bond motifs is 1. The van der Waals surface area contributed by atoms with Crippen molar-refractivity contribution in [3.63, 3.8) is 0 Å². The lowest BCUT2D eigenvalue weighted by atomic mass is 10.2. The Kier molecular flexibility index (Phi) is 2.19. The van der Waals surface area contributed by atoms with Gasteiger partial charge in [0.25, 0.3) is 0 Å². The minimum atomic E-state index is -0.456. The van der Waals surface area contributed by atoms with Crippen LogP contribution in [0.4, 0.5) is 16.3 Å². The summed E-state index contributed by atoms with van der Waals surface area (Å²) in [6, 6.07) is 4.85. The Morgan fingerprint density at radius 1 is 1.33 bits per heavy atom. The van der Waals surface area contributed by atoms with E-state index in [1.165, 1.54) is 4.90 Å². The molecule has 0 radical (unpaired) electrons. The molecule has 2 aromatic rings. The zero-order valence-corrected chi connectivity index (χ0v) is 9.43. The second-order valence-electron chi connectivity index (χ2n) is 4.11. The van der Waals surface area contributed by atoms with Crippen molar-refractivity contribution in [1.82, 2.24) is 15.5 Å². The summed E-state index contributed by atoms with van der Waals surface area (Å²) in [5.74, 6) is 0.220.